The maximum Gasteiger partial charge on any atom is 0.283 e. The van der Waals surface area contributed by atoms with Gasteiger partial charge in [0.15, 0.2) is 17.3 Å². The number of ether oxygens (including phenoxy) is 2. The minimum atomic E-state index is -3.63. The van der Waals surface area contributed by atoms with Gasteiger partial charge in [0.2, 0.25) is 19.4 Å². The van der Waals surface area contributed by atoms with E-state index in [2.05, 4.69) is 10.1 Å². The second-order valence-corrected chi connectivity index (χ2v) is 10.4. The third-order valence-corrected chi connectivity index (χ3v) is 7.40. The molecule has 180 valence electrons. The molecule has 0 aromatic heterocycles. The first-order valence-corrected chi connectivity index (χ1v) is 12.5. The monoisotopic (exact) mass is 515 g/mol. The van der Waals surface area contributed by atoms with Gasteiger partial charge in [-0.25, -0.2) is 8.42 Å². The molecule has 1 amide bonds. The van der Waals surface area contributed by atoms with Crippen LogP contribution in [-0.2, 0) is 21.2 Å². The number of hydrogen-bond acceptors (Lipinski definition) is 10. The van der Waals surface area contributed by atoms with Crippen LogP contribution in [0, 0.1) is 15.5 Å². The average molecular weight is 516 g/mol. The van der Waals surface area contributed by atoms with E-state index in [0.29, 0.717) is 34.4 Å². The summed E-state index contributed by atoms with van der Waals surface area (Å²) in [4.78, 5) is 27.1. The molecule has 2 aliphatic heterocycles. The lowest BCUT2D eigenvalue weighted by atomic mass is 10.1. The third kappa shape index (κ3) is 4.93. The molecule has 12 nitrogen and oxygen atoms in total. The molecular formula is C21H17N5O7S2. The lowest BCUT2D eigenvalue weighted by Gasteiger charge is -2.20. The molecule has 2 aromatic rings. The van der Waals surface area contributed by atoms with Crippen molar-refractivity contribution in [2.45, 2.75) is 6.61 Å². The van der Waals surface area contributed by atoms with Crippen LogP contribution in [0.5, 0.6) is 11.5 Å². The van der Waals surface area contributed by atoms with Crippen molar-refractivity contribution in [3.63, 3.8) is 0 Å². The van der Waals surface area contributed by atoms with Gasteiger partial charge in [-0.15, -0.1) is 5.10 Å². The van der Waals surface area contributed by atoms with Gasteiger partial charge in [-0.05, 0) is 41.6 Å². The zero-order valence-electron chi connectivity index (χ0n) is 18.3. The van der Waals surface area contributed by atoms with Gasteiger partial charge in [-0.2, -0.15) is 10.0 Å². The van der Waals surface area contributed by atoms with Gasteiger partial charge in [-0.1, -0.05) is 18.2 Å². The maximum absolute atomic E-state index is 12.5. The summed E-state index contributed by atoms with van der Waals surface area (Å²) in [5.41, 5.74) is 0.705. The number of aliphatic imine (C=N–C) groups is 1. The normalized spacial score (nSPS) is 16.6. The number of nitrogens with one attached hydrogen (secondary N) is 1. The summed E-state index contributed by atoms with van der Waals surface area (Å²) in [5.74, 6) is -0.418. The van der Waals surface area contributed by atoms with Gasteiger partial charge < -0.3 is 9.47 Å². The van der Waals surface area contributed by atoms with Crippen molar-refractivity contribution in [2.75, 3.05) is 13.4 Å². The fourth-order valence-corrected chi connectivity index (χ4v) is 4.84. The fourth-order valence-electron chi connectivity index (χ4n) is 3.15. The van der Waals surface area contributed by atoms with Crippen LogP contribution < -0.4 is 9.47 Å². The molecule has 1 N–H and O–H groups in total. The van der Waals surface area contributed by atoms with E-state index in [1.165, 1.54) is 19.3 Å². The number of amides is 1. The molecule has 0 atom stereocenters. The Morgan fingerprint density at radius 2 is 1.97 bits per heavy atom. The first-order chi connectivity index (χ1) is 16.6. The van der Waals surface area contributed by atoms with Gasteiger partial charge in [0, 0.05) is 12.3 Å². The summed E-state index contributed by atoms with van der Waals surface area (Å²) in [6.45, 7) is -0.0676. The van der Waals surface area contributed by atoms with Crippen molar-refractivity contribution < 1.29 is 27.6 Å². The molecule has 0 bridgehead atoms. The maximum atomic E-state index is 12.5. The van der Waals surface area contributed by atoms with Crippen molar-refractivity contribution in [3.05, 3.63) is 69.3 Å². The Morgan fingerprint density at radius 1 is 1.23 bits per heavy atom. The minimum absolute atomic E-state index is 0.00564. The van der Waals surface area contributed by atoms with Crippen LogP contribution in [0.25, 0.3) is 6.08 Å². The molecule has 0 radical (unpaired) electrons. The minimum Gasteiger partial charge on any atom is -0.493 e. The molecule has 0 saturated carbocycles. The number of nitro benzene ring substituents is 1. The highest BCUT2D eigenvalue weighted by Crippen LogP contribution is 2.33. The van der Waals surface area contributed by atoms with Crippen molar-refractivity contribution in [3.8, 4) is 11.5 Å². The topological polar surface area (TPSA) is 165 Å². The largest absolute Gasteiger partial charge is 0.493 e. The Balaban J connectivity index is 1.59. The number of hydrazone groups is 1. The standard InChI is InChI=1S/C21H17N5O7S2/c1-32-17-10-12(7-8-16(17)33-11-13-5-3-4-6-15(13)26(28)29)9-14-18(22)25-20(23-19(14)27)34-21(24-25)35(2,30)31/h3-10,22H,11H2,1-2H3/b14-9+,22-18?. The number of hydrogen-bond donors (Lipinski definition) is 1. The molecule has 14 heteroatoms. The molecule has 2 aliphatic rings. The van der Waals surface area contributed by atoms with Gasteiger partial charge in [-0.3, -0.25) is 20.3 Å². The second kappa shape index (κ2) is 9.31. The number of benzene rings is 2. The number of sulfone groups is 1. The van der Waals surface area contributed by atoms with Crippen LogP contribution in [0.15, 0.2) is 58.1 Å². The van der Waals surface area contributed by atoms with Crippen molar-refractivity contribution in [2.24, 2.45) is 10.1 Å². The number of amidine groups is 2. The van der Waals surface area contributed by atoms with E-state index >= 15 is 0 Å². The number of thioether (sulfide) groups is 1. The van der Waals surface area contributed by atoms with Crippen LogP contribution in [0.3, 0.4) is 0 Å². The zero-order chi connectivity index (χ0) is 25.3. The van der Waals surface area contributed by atoms with E-state index in [9.17, 15) is 23.3 Å². The van der Waals surface area contributed by atoms with Crippen molar-refractivity contribution >= 4 is 54.6 Å². The first kappa shape index (κ1) is 24.1. The van der Waals surface area contributed by atoms with E-state index in [1.807, 2.05) is 0 Å². The molecule has 4 rings (SSSR count). The molecule has 35 heavy (non-hydrogen) atoms. The molecule has 0 fully saturated rings. The van der Waals surface area contributed by atoms with Crippen LogP contribution in [0.2, 0.25) is 0 Å². The number of fused-ring (bicyclic) bond motifs is 1. The molecule has 0 spiro atoms. The highest BCUT2D eigenvalue weighted by molar-refractivity contribution is 8.42. The second-order valence-electron chi connectivity index (χ2n) is 7.24. The summed E-state index contributed by atoms with van der Waals surface area (Å²) < 4.78 is 34.4. The lowest BCUT2D eigenvalue weighted by molar-refractivity contribution is -0.385. The summed E-state index contributed by atoms with van der Waals surface area (Å²) in [7, 11) is -2.22. The van der Waals surface area contributed by atoms with E-state index in [-0.39, 0.29) is 33.2 Å². The van der Waals surface area contributed by atoms with Gasteiger partial charge >= 0.3 is 0 Å². The number of para-hydroxylation sites is 1. The molecule has 2 aromatic carbocycles. The predicted molar refractivity (Wildman–Crippen MR) is 130 cm³/mol. The van der Waals surface area contributed by atoms with Crippen LogP contribution in [0.1, 0.15) is 11.1 Å². The van der Waals surface area contributed by atoms with Crippen LogP contribution >= 0.6 is 11.8 Å². The average Bonchev–Trinajstić information content (AvgIpc) is 3.25. The number of carbonyl (C=O) groups excluding carboxylic acids is 1. The fraction of sp³-hybridized carbons (Fsp3) is 0.143. The first-order valence-electron chi connectivity index (χ1n) is 9.82. The van der Waals surface area contributed by atoms with Gasteiger partial charge in [0.25, 0.3) is 11.6 Å². The van der Waals surface area contributed by atoms with Crippen LogP contribution in [0.4, 0.5) is 5.69 Å². The molecule has 0 aliphatic carbocycles. The molecule has 0 saturated heterocycles. The quantitative estimate of drug-likeness (QED) is 0.346. The highest BCUT2D eigenvalue weighted by atomic mass is 32.3. The Bertz CT molecular complexity index is 1460. The Kier molecular flexibility index (Phi) is 6.41. The third-order valence-electron chi connectivity index (χ3n) is 4.82. The van der Waals surface area contributed by atoms with Crippen molar-refractivity contribution in [1.29, 1.82) is 5.41 Å². The zero-order valence-corrected chi connectivity index (χ0v) is 19.9. The summed E-state index contributed by atoms with van der Waals surface area (Å²) in [5, 5.41) is 24.4. The number of nitro groups is 1. The Morgan fingerprint density at radius 3 is 2.66 bits per heavy atom. The number of methoxy groups -OCH3 is 1. The van der Waals surface area contributed by atoms with Crippen LogP contribution in [-0.4, -0.2) is 53.0 Å². The van der Waals surface area contributed by atoms with E-state index in [1.54, 1.807) is 36.4 Å². The number of rotatable bonds is 6. The SMILES string of the molecule is COc1cc(/C=C2\C(=N)N3N=C(S(C)(=O)=O)SC3=NC2=O)ccc1OCc1ccccc1[N+](=O)[O-]. The number of carbonyl (C=O) groups is 1. The van der Waals surface area contributed by atoms with E-state index in [0.717, 1.165) is 11.3 Å². The van der Waals surface area contributed by atoms with Gasteiger partial charge in [0.05, 0.1) is 23.2 Å². The molecular weight excluding hydrogens is 498 g/mol. The Hall–Kier alpha value is -4.04. The smallest absolute Gasteiger partial charge is 0.283 e. The van der Waals surface area contributed by atoms with E-state index < -0.39 is 20.7 Å². The Labute approximate surface area is 203 Å². The highest BCUT2D eigenvalue weighted by Gasteiger charge is 2.38. The van der Waals surface area contributed by atoms with E-state index in [4.69, 9.17) is 14.9 Å². The number of nitrogens with zero attached hydrogens (tertiary/aromatic N) is 4. The molecule has 2 heterocycles. The summed E-state index contributed by atoms with van der Waals surface area (Å²) in [6.07, 6.45) is 2.38. The molecule has 0 unspecified atom stereocenters. The summed E-state index contributed by atoms with van der Waals surface area (Å²) >= 11 is 0.702. The summed E-state index contributed by atoms with van der Waals surface area (Å²) in [6, 6.07) is 10.9. The van der Waals surface area contributed by atoms with Crippen molar-refractivity contribution in [1.82, 2.24) is 5.01 Å². The lowest BCUT2D eigenvalue weighted by Crippen LogP contribution is -2.35. The predicted octanol–water partition coefficient (Wildman–Crippen LogP) is 2.80. The van der Waals surface area contributed by atoms with Gasteiger partial charge in [0.1, 0.15) is 6.61 Å².